The van der Waals surface area contributed by atoms with Crippen LogP contribution in [0.4, 0.5) is 15.8 Å². The average Bonchev–Trinajstić information content (AvgIpc) is 2.59. The van der Waals surface area contributed by atoms with Crippen LogP contribution in [-0.4, -0.2) is 27.1 Å². The Balaban J connectivity index is 2.15. The third-order valence-corrected chi connectivity index (χ3v) is 4.11. The smallest absolute Gasteiger partial charge is 0.261 e. The first-order valence-electron chi connectivity index (χ1n) is 7.72. The molecule has 0 saturated carbocycles. The van der Waals surface area contributed by atoms with Crippen molar-refractivity contribution in [1.82, 2.24) is 0 Å². The van der Waals surface area contributed by atoms with Crippen LogP contribution in [0.2, 0.25) is 0 Å². The molecule has 122 valence electrons. The first-order valence-corrected chi connectivity index (χ1v) is 7.72. The summed E-state index contributed by atoms with van der Waals surface area (Å²) in [6.45, 7) is 0. The number of halogens is 1. The van der Waals surface area contributed by atoms with Gasteiger partial charge in [0.25, 0.3) is 5.91 Å². The van der Waals surface area contributed by atoms with E-state index in [-0.39, 0.29) is 11.5 Å². The number of amides is 1. The molecule has 0 radical (unpaired) electrons. The Hall–Kier alpha value is -2.88. The minimum Gasteiger partial charge on any atom is -0.377 e. The van der Waals surface area contributed by atoms with E-state index in [9.17, 15) is 9.18 Å². The van der Waals surface area contributed by atoms with Crippen molar-refractivity contribution in [3.63, 3.8) is 0 Å². The molecule has 0 spiro atoms. The quantitative estimate of drug-likeness (QED) is 0.717. The Bertz CT molecular complexity index is 900. The van der Waals surface area contributed by atoms with Gasteiger partial charge in [-0.3, -0.25) is 4.79 Å². The zero-order valence-corrected chi connectivity index (χ0v) is 14.0. The summed E-state index contributed by atoms with van der Waals surface area (Å²) in [5.41, 5.74) is 1.83. The molecule has 3 rings (SSSR count). The number of benzene rings is 3. The van der Waals surface area contributed by atoms with Gasteiger partial charge in [0.2, 0.25) is 0 Å². The number of carbonyl (C=O) groups excluding carboxylic acids is 1. The van der Waals surface area contributed by atoms with Gasteiger partial charge >= 0.3 is 0 Å². The largest absolute Gasteiger partial charge is 0.377 e. The molecule has 0 bridgehead atoms. The fraction of sp³-hybridized carbons (Fsp3) is 0.150. The van der Waals surface area contributed by atoms with Crippen LogP contribution >= 0.6 is 0 Å². The number of hydrogen-bond acceptors (Lipinski definition) is 2. The molecule has 0 aliphatic heterocycles. The first kappa shape index (κ1) is 16.0. The van der Waals surface area contributed by atoms with Gasteiger partial charge in [-0.25, -0.2) is 4.39 Å². The van der Waals surface area contributed by atoms with E-state index >= 15 is 0 Å². The monoisotopic (exact) mass is 322 g/mol. The third-order valence-electron chi connectivity index (χ3n) is 4.11. The van der Waals surface area contributed by atoms with Crippen molar-refractivity contribution in [3.05, 3.63) is 72.0 Å². The molecule has 3 aromatic rings. The Morgan fingerprint density at radius 2 is 1.46 bits per heavy atom. The lowest BCUT2D eigenvalue weighted by atomic mass is 10.0. The standard InChI is InChI=1S/C20H19FN2O/c1-22(2)17-12-6-8-14-9-7-13-18(19(14)17)23(3)20(24)15-10-4-5-11-16(15)21/h4-13H,1-3H3. The molecule has 0 saturated heterocycles. The van der Waals surface area contributed by atoms with Crippen LogP contribution < -0.4 is 9.80 Å². The van der Waals surface area contributed by atoms with E-state index in [0.29, 0.717) is 0 Å². The summed E-state index contributed by atoms with van der Waals surface area (Å²) in [4.78, 5) is 16.3. The third kappa shape index (κ3) is 2.71. The van der Waals surface area contributed by atoms with Crippen LogP contribution in [0.3, 0.4) is 0 Å². The van der Waals surface area contributed by atoms with E-state index in [1.165, 1.54) is 17.0 Å². The topological polar surface area (TPSA) is 23.6 Å². The zero-order chi connectivity index (χ0) is 17.3. The predicted molar refractivity (Wildman–Crippen MR) is 97.4 cm³/mol. The van der Waals surface area contributed by atoms with Crippen LogP contribution in [-0.2, 0) is 0 Å². The van der Waals surface area contributed by atoms with Crippen molar-refractivity contribution >= 4 is 28.1 Å². The van der Waals surface area contributed by atoms with Crippen molar-refractivity contribution in [1.29, 1.82) is 0 Å². The zero-order valence-electron chi connectivity index (χ0n) is 14.0. The number of anilines is 2. The van der Waals surface area contributed by atoms with Crippen LogP contribution in [0.25, 0.3) is 10.8 Å². The molecule has 0 N–H and O–H groups in total. The minimum absolute atomic E-state index is 0.0688. The van der Waals surface area contributed by atoms with Crippen LogP contribution in [0, 0.1) is 5.82 Å². The number of carbonyl (C=O) groups is 1. The summed E-state index contributed by atoms with van der Waals surface area (Å²) in [5.74, 6) is -0.878. The Morgan fingerprint density at radius 1 is 0.833 bits per heavy atom. The highest BCUT2D eigenvalue weighted by Gasteiger charge is 2.20. The number of rotatable bonds is 3. The van der Waals surface area contributed by atoms with Crippen molar-refractivity contribution < 1.29 is 9.18 Å². The highest BCUT2D eigenvalue weighted by Crippen LogP contribution is 2.34. The summed E-state index contributed by atoms with van der Waals surface area (Å²) in [7, 11) is 5.60. The van der Waals surface area contributed by atoms with Gasteiger partial charge < -0.3 is 9.80 Å². The summed E-state index contributed by atoms with van der Waals surface area (Å²) in [6, 6.07) is 17.8. The fourth-order valence-electron chi connectivity index (χ4n) is 2.88. The van der Waals surface area contributed by atoms with E-state index in [0.717, 1.165) is 22.1 Å². The molecule has 0 aliphatic carbocycles. The number of nitrogens with zero attached hydrogens (tertiary/aromatic N) is 2. The van der Waals surface area contributed by atoms with Crippen molar-refractivity contribution in [2.45, 2.75) is 0 Å². The average molecular weight is 322 g/mol. The predicted octanol–water partition coefficient (Wildman–Crippen LogP) is 4.32. The second-order valence-electron chi connectivity index (χ2n) is 5.89. The van der Waals surface area contributed by atoms with Crippen molar-refractivity contribution in [2.24, 2.45) is 0 Å². The number of fused-ring (bicyclic) bond motifs is 1. The molecule has 0 aromatic heterocycles. The van der Waals surface area contributed by atoms with Gasteiger partial charge in [-0.1, -0.05) is 36.4 Å². The van der Waals surface area contributed by atoms with E-state index in [4.69, 9.17) is 0 Å². The lowest BCUT2D eigenvalue weighted by Gasteiger charge is -2.23. The molecule has 4 heteroatoms. The van der Waals surface area contributed by atoms with Gasteiger partial charge in [0.1, 0.15) is 5.82 Å². The Morgan fingerprint density at radius 3 is 2.08 bits per heavy atom. The molecule has 0 unspecified atom stereocenters. The Kier molecular flexibility index (Phi) is 4.21. The van der Waals surface area contributed by atoms with E-state index in [2.05, 4.69) is 0 Å². The fourth-order valence-corrected chi connectivity index (χ4v) is 2.88. The molecule has 1 amide bonds. The maximum Gasteiger partial charge on any atom is 0.261 e. The Labute approximate surface area is 140 Å². The maximum atomic E-state index is 14.0. The number of hydrogen-bond donors (Lipinski definition) is 0. The van der Waals surface area contributed by atoms with Gasteiger partial charge in [0, 0.05) is 32.2 Å². The lowest BCUT2D eigenvalue weighted by Crippen LogP contribution is -2.27. The normalized spacial score (nSPS) is 10.7. The van der Waals surface area contributed by atoms with Crippen LogP contribution in [0.5, 0.6) is 0 Å². The minimum atomic E-state index is -0.512. The van der Waals surface area contributed by atoms with E-state index in [1.54, 1.807) is 19.2 Å². The molecule has 0 fully saturated rings. The second kappa shape index (κ2) is 6.32. The van der Waals surface area contributed by atoms with Crippen molar-refractivity contribution in [3.8, 4) is 0 Å². The second-order valence-corrected chi connectivity index (χ2v) is 5.89. The summed E-state index contributed by atoms with van der Waals surface area (Å²) in [5, 5.41) is 2.00. The van der Waals surface area contributed by atoms with Gasteiger partial charge in [-0.05, 0) is 29.7 Å². The molecule has 0 aliphatic rings. The molecule has 0 heterocycles. The molecule has 0 atom stereocenters. The van der Waals surface area contributed by atoms with E-state index in [1.807, 2.05) is 55.4 Å². The summed E-state index contributed by atoms with van der Waals surface area (Å²) >= 11 is 0. The van der Waals surface area contributed by atoms with Gasteiger partial charge in [-0.15, -0.1) is 0 Å². The molecule has 24 heavy (non-hydrogen) atoms. The van der Waals surface area contributed by atoms with Gasteiger partial charge in [0.05, 0.1) is 11.3 Å². The molecular formula is C20H19FN2O. The van der Waals surface area contributed by atoms with Gasteiger partial charge in [0.15, 0.2) is 0 Å². The SMILES string of the molecule is CN(C)c1cccc2cccc(N(C)C(=O)c3ccccc3F)c12. The maximum absolute atomic E-state index is 14.0. The summed E-state index contributed by atoms with van der Waals surface area (Å²) < 4.78 is 14.0. The summed E-state index contributed by atoms with van der Waals surface area (Å²) in [6.07, 6.45) is 0. The highest BCUT2D eigenvalue weighted by atomic mass is 19.1. The first-order chi connectivity index (χ1) is 11.5. The van der Waals surface area contributed by atoms with Gasteiger partial charge in [-0.2, -0.15) is 0 Å². The molecular weight excluding hydrogens is 303 g/mol. The lowest BCUT2D eigenvalue weighted by molar-refractivity contribution is 0.0989. The van der Waals surface area contributed by atoms with Crippen LogP contribution in [0.15, 0.2) is 60.7 Å². The van der Waals surface area contributed by atoms with E-state index < -0.39 is 5.82 Å². The van der Waals surface area contributed by atoms with Crippen LogP contribution in [0.1, 0.15) is 10.4 Å². The highest BCUT2D eigenvalue weighted by molar-refractivity contribution is 6.13. The molecule has 3 aromatic carbocycles. The van der Waals surface area contributed by atoms with Crippen molar-refractivity contribution in [2.75, 3.05) is 30.9 Å². The molecule has 3 nitrogen and oxygen atoms in total.